The lowest BCUT2D eigenvalue weighted by Crippen LogP contribution is -2.10. The number of nitrogens with zero attached hydrogens (tertiary/aromatic N) is 27. The Morgan fingerprint density at radius 2 is 0.578 bits per heavy atom. The van der Waals surface area contributed by atoms with Crippen molar-refractivity contribution in [1.82, 2.24) is 86.0 Å². The van der Waals surface area contributed by atoms with E-state index in [2.05, 4.69) is 54.3 Å². The maximum Gasteiger partial charge on any atom is 0.435 e. The minimum Gasteiger partial charge on any atom is -0.460 e. The van der Waals surface area contributed by atoms with Crippen LogP contribution in [0, 0.1) is 91.0 Å². The molecule has 0 fully saturated rings. The number of imidazole rings is 9. The zero-order valence-electron chi connectivity index (χ0n) is 59.8. The van der Waals surface area contributed by atoms with Gasteiger partial charge < -0.3 is 121 Å². The average molecular weight is 1550 g/mol. The van der Waals surface area contributed by atoms with Gasteiger partial charge in [-0.25, -0.2) is 50.7 Å². The zero-order valence-corrected chi connectivity index (χ0v) is 59.8. The third kappa shape index (κ3) is 25.6. The molecule has 0 saturated carbocycles. The van der Waals surface area contributed by atoms with Gasteiger partial charge in [-0.3, -0.25) is 14.4 Å². The van der Waals surface area contributed by atoms with Crippen LogP contribution < -0.4 is 0 Å². The molecule has 9 rings (SSSR count). The number of Topliss-reactive ketones (excluding diaryl/α,β-unsaturated/α-hetero) is 1. The number of carbonyl (C=O) groups excluding carboxylic acids is 5. The molecule has 0 radical (unpaired) electrons. The summed E-state index contributed by atoms with van der Waals surface area (Å²) in [6, 6.07) is 0. The molecule has 0 aliphatic heterocycles. The molecule has 0 bridgehead atoms. The van der Waals surface area contributed by atoms with Gasteiger partial charge in [-0.15, -0.1) is 0 Å². The van der Waals surface area contributed by atoms with Gasteiger partial charge >= 0.3 is 65.5 Å². The maximum absolute atomic E-state index is 11.2. The molecule has 0 aliphatic rings. The second kappa shape index (κ2) is 42.8. The highest BCUT2D eigenvalue weighted by Crippen LogP contribution is 2.21. The first-order valence-electron chi connectivity index (χ1n) is 29.6. The summed E-state index contributed by atoms with van der Waals surface area (Å²) < 4.78 is 19.9. The Hall–Kier alpha value is -14.7. The van der Waals surface area contributed by atoms with E-state index in [1.807, 2.05) is 0 Å². The molecule has 0 spiro atoms. The van der Waals surface area contributed by atoms with Gasteiger partial charge in [0.2, 0.25) is 11.4 Å². The van der Waals surface area contributed by atoms with Gasteiger partial charge in [0.25, 0.3) is 0 Å². The Kier molecular flexibility index (Phi) is 36.2. The molecule has 9 aromatic heterocycles. The molecule has 9 heterocycles. The van der Waals surface area contributed by atoms with E-state index in [0.717, 1.165) is 47.6 Å². The molecule has 56 heteroatoms. The second-order valence-electron chi connectivity index (χ2n) is 20.6. The van der Waals surface area contributed by atoms with E-state index in [9.17, 15) is 115 Å². The molecule has 9 aromatic rings. The number of ketones is 1. The number of esters is 2. The minimum absolute atomic E-state index is 0.0681. The van der Waals surface area contributed by atoms with Gasteiger partial charge in [-0.2, -0.15) is 0 Å². The number of hydrogen-bond acceptors (Lipinski definition) is 38. The Bertz CT molecular complexity index is 4420. The van der Waals surface area contributed by atoms with Crippen LogP contribution in [-0.4, -0.2) is 194 Å². The van der Waals surface area contributed by atoms with Crippen LogP contribution in [0.1, 0.15) is 135 Å². The van der Waals surface area contributed by atoms with Crippen LogP contribution >= 0.6 is 0 Å². The van der Waals surface area contributed by atoms with Crippen molar-refractivity contribution in [1.29, 1.82) is 0 Å². The van der Waals surface area contributed by atoms with Crippen LogP contribution in [0.3, 0.4) is 0 Å². The first-order valence-corrected chi connectivity index (χ1v) is 29.6. The number of aldehydes is 2. The standard InChI is InChI=1S/2C7H9N3O4.3C6H9N3O3.C6H7N3O3.C5H7N3O3.2C5H5N3O3/c2*1-3-14-6(11)5-4-8-7(9(5)2)10(12)13;4*1-4(10)5-3-7-6(8(5)2)9(11)12;3*1-7-4(3-9)2-6-5(7)8(10)11/h2*4H,3H2,1-2H3;3*3-4,10H,1-2H3;3H,1-2H3;2,9H,3H2,1H3;2*2-3H,1H3. The normalized spacial score (nSPS) is 10.8. The van der Waals surface area contributed by atoms with Gasteiger partial charge in [-0.05, 0) is 78.9 Å². The summed E-state index contributed by atoms with van der Waals surface area (Å²) in [7, 11) is 13.0. The fourth-order valence-corrected chi connectivity index (χ4v) is 7.87. The predicted octanol–water partition coefficient (Wildman–Crippen LogP) is 2.79. The molecule has 0 aromatic carbocycles. The fourth-order valence-electron chi connectivity index (χ4n) is 7.87. The quantitative estimate of drug-likeness (QED) is 0.0280. The van der Waals surface area contributed by atoms with Crippen LogP contribution in [0.25, 0.3) is 0 Å². The molecule has 0 aliphatic carbocycles. The van der Waals surface area contributed by atoms with Crippen LogP contribution in [0.4, 0.5) is 53.5 Å². The summed E-state index contributed by atoms with van der Waals surface area (Å²) >= 11 is 0. The lowest BCUT2D eigenvalue weighted by molar-refractivity contribution is -0.396. The van der Waals surface area contributed by atoms with E-state index in [-0.39, 0.29) is 108 Å². The number of aliphatic hydroxyl groups is 4. The van der Waals surface area contributed by atoms with Crippen molar-refractivity contribution in [2.24, 2.45) is 63.4 Å². The van der Waals surface area contributed by atoms with Crippen LogP contribution in [0.5, 0.6) is 0 Å². The highest BCUT2D eigenvalue weighted by molar-refractivity contribution is 5.92. The van der Waals surface area contributed by atoms with Crippen LogP contribution in [0.2, 0.25) is 0 Å². The summed E-state index contributed by atoms with van der Waals surface area (Å²) in [6.45, 7) is 9.43. The summed E-state index contributed by atoms with van der Waals surface area (Å²) in [5, 5.41) is 128. The molecular formula is C53H69N27O29. The minimum atomic E-state index is -0.740. The first-order chi connectivity index (χ1) is 50.8. The van der Waals surface area contributed by atoms with Gasteiger partial charge in [0.1, 0.15) is 91.1 Å². The third-order valence-corrected chi connectivity index (χ3v) is 13.4. The van der Waals surface area contributed by atoms with Gasteiger partial charge in [0, 0.05) is 6.92 Å². The number of ether oxygens (including phenoxy) is 2. The molecule has 56 nitrogen and oxygen atoms in total. The van der Waals surface area contributed by atoms with Gasteiger partial charge in [0.15, 0.2) is 47.8 Å². The smallest absolute Gasteiger partial charge is 0.435 e. The van der Waals surface area contributed by atoms with Crippen molar-refractivity contribution in [2.75, 3.05) is 13.2 Å². The number of rotatable bonds is 20. The number of nitro groups is 9. The highest BCUT2D eigenvalue weighted by atomic mass is 16.7. The molecular weight excluding hydrogens is 1480 g/mol. The largest absolute Gasteiger partial charge is 0.460 e. The number of aliphatic hydroxyl groups excluding tert-OH is 4. The molecule has 109 heavy (non-hydrogen) atoms. The zero-order chi connectivity index (χ0) is 83.9. The number of carbonyl (C=O) groups is 5. The van der Waals surface area contributed by atoms with E-state index in [1.54, 1.807) is 13.8 Å². The molecule has 590 valence electrons. The topological polar surface area (TPSA) is 733 Å². The Balaban J connectivity index is 0.000000614. The lowest BCUT2D eigenvalue weighted by atomic mass is 10.3. The summed E-state index contributed by atoms with van der Waals surface area (Å²) in [5.41, 5.74) is 2.48. The number of aromatic nitrogens is 18. The molecule has 4 N–H and O–H groups in total. The van der Waals surface area contributed by atoms with E-state index < -0.39 is 74.6 Å². The fraction of sp³-hybridized carbons (Fsp3) is 0.396. The SMILES string of the molecule is CC(=O)c1cnc([N+](=O)[O-])n1C.CC(O)c1cnc([N+](=O)[O-])n1C.CC(O)c1cnc([N+](=O)[O-])n1C.CC(O)c1cnc([N+](=O)[O-])n1C.CCOC(=O)c1cnc([N+](=O)[O-])n1C.CCOC(=O)c1cnc([N+](=O)[O-])n1C.Cn1c(C=O)cnc1[N+](=O)[O-].Cn1c(C=O)cnc1[N+](=O)[O-].Cn1c(CO)cnc1[N+](=O)[O-]. The first kappa shape index (κ1) is 92.3. The van der Waals surface area contributed by atoms with Crippen molar-refractivity contribution in [2.45, 2.75) is 66.5 Å². The van der Waals surface area contributed by atoms with Gasteiger partial charge in [0.05, 0.1) is 76.6 Å². The van der Waals surface area contributed by atoms with E-state index >= 15 is 0 Å². The third-order valence-electron chi connectivity index (χ3n) is 13.4. The second-order valence-corrected chi connectivity index (χ2v) is 20.6. The lowest BCUT2D eigenvalue weighted by Gasteiger charge is -2.00. The molecule has 3 unspecified atom stereocenters. The highest BCUT2D eigenvalue weighted by Gasteiger charge is 2.27. The van der Waals surface area contributed by atoms with Crippen molar-refractivity contribution >= 4 is 83.8 Å². The summed E-state index contributed by atoms with van der Waals surface area (Å²) in [6.07, 6.45) is 9.72. The summed E-state index contributed by atoms with van der Waals surface area (Å²) in [4.78, 5) is 172. The Morgan fingerprint density at radius 1 is 0.367 bits per heavy atom. The van der Waals surface area contributed by atoms with E-state index in [1.165, 1.54) is 140 Å². The van der Waals surface area contributed by atoms with E-state index in [4.69, 9.17) is 20.4 Å². The predicted molar refractivity (Wildman–Crippen MR) is 359 cm³/mol. The van der Waals surface area contributed by atoms with Crippen molar-refractivity contribution in [3.8, 4) is 0 Å². The monoisotopic (exact) mass is 1550 g/mol. The number of hydrogen-bond donors (Lipinski definition) is 4. The molecule has 0 amide bonds. The molecule has 0 saturated heterocycles. The van der Waals surface area contributed by atoms with Crippen LogP contribution in [0.15, 0.2) is 55.8 Å². The Labute approximate surface area is 607 Å². The van der Waals surface area contributed by atoms with E-state index in [0.29, 0.717) is 35.3 Å². The average Bonchev–Trinajstić information content (AvgIpc) is 1.65. The van der Waals surface area contributed by atoms with Crippen molar-refractivity contribution in [3.63, 3.8) is 0 Å². The maximum atomic E-state index is 11.2. The molecule has 3 atom stereocenters. The Morgan fingerprint density at radius 3 is 0.734 bits per heavy atom. The summed E-state index contributed by atoms with van der Waals surface area (Å²) in [5.74, 6) is -4.23. The van der Waals surface area contributed by atoms with Crippen molar-refractivity contribution < 1.29 is 98.2 Å². The van der Waals surface area contributed by atoms with Gasteiger partial charge in [-0.1, -0.05) is 44.9 Å². The van der Waals surface area contributed by atoms with Crippen molar-refractivity contribution in [3.05, 3.63) is 198 Å². The van der Waals surface area contributed by atoms with Crippen LogP contribution in [-0.2, 0) is 79.5 Å².